The second kappa shape index (κ2) is 5.98. The van der Waals surface area contributed by atoms with Crippen molar-refractivity contribution in [1.29, 1.82) is 0 Å². The number of carbonyl (C=O) groups is 1. The largest absolute Gasteiger partial charge is 0.391 e. The van der Waals surface area contributed by atoms with Gasteiger partial charge in [-0.05, 0) is 12.5 Å². The summed E-state index contributed by atoms with van der Waals surface area (Å²) in [6.07, 6.45) is 1.17. The molecule has 2 aromatic rings. The molecule has 96 valence electrons. The van der Waals surface area contributed by atoms with Crippen molar-refractivity contribution in [2.45, 2.75) is 25.9 Å². The van der Waals surface area contributed by atoms with Crippen LogP contribution in [0.1, 0.15) is 30.1 Å². The molecule has 4 heteroatoms. The summed E-state index contributed by atoms with van der Waals surface area (Å²) in [5.41, 5.74) is 0.694. The van der Waals surface area contributed by atoms with Gasteiger partial charge < -0.3 is 10.4 Å². The molecule has 0 spiro atoms. The minimum atomic E-state index is -0.455. The maximum absolute atomic E-state index is 12.0. The number of hydrogen-bond acceptors (Lipinski definition) is 3. The smallest absolute Gasteiger partial charge is 0.252 e. The maximum atomic E-state index is 12.0. The highest BCUT2D eigenvalue weighted by Gasteiger charge is 2.12. The monoisotopic (exact) mass is 263 g/mol. The van der Waals surface area contributed by atoms with Gasteiger partial charge >= 0.3 is 0 Å². The SMILES string of the molecule is CCCC(O)CNC(=O)c1csc2ccccc12. The number of amides is 1. The third-order valence-electron chi connectivity index (χ3n) is 2.85. The molecular weight excluding hydrogens is 246 g/mol. The standard InChI is InChI=1S/C14H17NO2S/c1-2-5-10(16)8-15-14(17)12-9-18-13-7-4-3-6-11(12)13/h3-4,6-7,9-10,16H,2,5,8H2,1H3,(H,15,17). The topological polar surface area (TPSA) is 49.3 Å². The lowest BCUT2D eigenvalue weighted by molar-refractivity contribution is 0.0912. The molecule has 0 saturated carbocycles. The van der Waals surface area contributed by atoms with Crippen LogP contribution >= 0.6 is 11.3 Å². The van der Waals surface area contributed by atoms with Gasteiger partial charge in [0.2, 0.25) is 0 Å². The Labute approximate surface area is 110 Å². The average molecular weight is 263 g/mol. The molecule has 0 aliphatic rings. The molecule has 2 N–H and O–H groups in total. The molecule has 1 aromatic carbocycles. The van der Waals surface area contributed by atoms with E-state index in [1.807, 2.05) is 36.6 Å². The van der Waals surface area contributed by atoms with Crippen LogP contribution in [0.25, 0.3) is 10.1 Å². The van der Waals surface area contributed by atoms with Crippen LogP contribution < -0.4 is 5.32 Å². The average Bonchev–Trinajstić information content (AvgIpc) is 2.80. The summed E-state index contributed by atoms with van der Waals surface area (Å²) in [5.74, 6) is -0.109. The summed E-state index contributed by atoms with van der Waals surface area (Å²) in [7, 11) is 0. The van der Waals surface area contributed by atoms with Crippen molar-refractivity contribution >= 4 is 27.3 Å². The van der Waals surface area contributed by atoms with Crippen LogP contribution in [0.5, 0.6) is 0 Å². The molecule has 0 radical (unpaired) electrons. The lowest BCUT2D eigenvalue weighted by Crippen LogP contribution is -2.31. The van der Waals surface area contributed by atoms with Crippen molar-refractivity contribution < 1.29 is 9.90 Å². The highest BCUT2D eigenvalue weighted by atomic mass is 32.1. The predicted molar refractivity (Wildman–Crippen MR) is 75.1 cm³/mol. The third kappa shape index (κ3) is 2.89. The van der Waals surface area contributed by atoms with E-state index in [-0.39, 0.29) is 5.91 Å². The van der Waals surface area contributed by atoms with Crippen LogP contribution in [0.3, 0.4) is 0 Å². The van der Waals surface area contributed by atoms with E-state index in [0.29, 0.717) is 18.5 Å². The summed E-state index contributed by atoms with van der Waals surface area (Å²) in [6.45, 7) is 2.33. The molecule has 1 atom stereocenters. The Morgan fingerprint density at radius 3 is 3.00 bits per heavy atom. The van der Waals surface area contributed by atoms with Crippen LogP contribution in [0, 0.1) is 0 Å². The number of thiophene rings is 1. The molecule has 1 aromatic heterocycles. The number of hydrogen-bond donors (Lipinski definition) is 2. The summed E-state index contributed by atoms with van der Waals surface area (Å²) >= 11 is 1.56. The van der Waals surface area contributed by atoms with Crippen molar-refractivity contribution in [2.75, 3.05) is 6.54 Å². The summed E-state index contributed by atoms with van der Waals surface area (Å²) in [4.78, 5) is 12.0. The molecule has 1 amide bonds. The summed E-state index contributed by atoms with van der Waals surface area (Å²) in [6, 6.07) is 7.84. The van der Waals surface area contributed by atoms with Crippen LogP contribution in [-0.2, 0) is 0 Å². The van der Waals surface area contributed by atoms with Crippen molar-refractivity contribution in [3.05, 3.63) is 35.2 Å². The van der Waals surface area contributed by atoms with E-state index in [4.69, 9.17) is 0 Å². The zero-order chi connectivity index (χ0) is 13.0. The normalized spacial score (nSPS) is 12.6. The zero-order valence-corrected chi connectivity index (χ0v) is 11.2. The molecule has 0 saturated heterocycles. The van der Waals surface area contributed by atoms with E-state index in [0.717, 1.165) is 16.5 Å². The molecule has 3 nitrogen and oxygen atoms in total. The number of carbonyl (C=O) groups excluding carboxylic acids is 1. The van der Waals surface area contributed by atoms with Gasteiger partial charge in [0.1, 0.15) is 0 Å². The van der Waals surface area contributed by atoms with Gasteiger partial charge in [-0.3, -0.25) is 4.79 Å². The molecule has 18 heavy (non-hydrogen) atoms. The number of fused-ring (bicyclic) bond motifs is 1. The quantitative estimate of drug-likeness (QED) is 0.871. The molecular formula is C14H17NO2S. The fourth-order valence-corrected chi connectivity index (χ4v) is 2.84. The number of rotatable bonds is 5. The van der Waals surface area contributed by atoms with Gasteiger partial charge in [-0.25, -0.2) is 0 Å². The van der Waals surface area contributed by atoms with E-state index >= 15 is 0 Å². The highest BCUT2D eigenvalue weighted by Crippen LogP contribution is 2.25. The minimum absolute atomic E-state index is 0.109. The van der Waals surface area contributed by atoms with Crippen molar-refractivity contribution in [1.82, 2.24) is 5.32 Å². The fraction of sp³-hybridized carbons (Fsp3) is 0.357. The number of benzene rings is 1. The minimum Gasteiger partial charge on any atom is -0.391 e. The Hall–Kier alpha value is -1.39. The first kappa shape index (κ1) is 13.1. The Morgan fingerprint density at radius 2 is 2.22 bits per heavy atom. The lowest BCUT2D eigenvalue weighted by Gasteiger charge is -2.10. The first-order chi connectivity index (χ1) is 8.72. The predicted octanol–water partition coefficient (Wildman–Crippen LogP) is 2.79. The van der Waals surface area contributed by atoms with E-state index in [2.05, 4.69) is 5.32 Å². The van der Waals surface area contributed by atoms with E-state index < -0.39 is 6.10 Å². The first-order valence-corrected chi connectivity index (χ1v) is 7.02. The van der Waals surface area contributed by atoms with Crippen LogP contribution in [0.15, 0.2) is 29.6 Å². The van der Waals surface area contributed by atoms with Crippen LogP contribution in [-0.4, -0.2) is 23.7 Å². The Kier molecular flexibility index (Phi) is 4.33. The first-order valence-electron chi connectivity index (χ1n) is 6.15. The molecule has 0 bridgehead atoms. The molecule has 1 heterocycles. The molecule has 0 aliphatic carbocycles. The van der Waals surface area contributed by atoms with Gasteiger partial charge in [0.15, 0.2) is 0 Å². The molecule has 0 aliphatic heterocycles. The van der Waals surface area contributed by atoms with Crippen molar-refractivity contribution in [2.24, 2.45) is 0 Å². The third-order valence-corrected chi connectivity index (χ3v) is 3.81. The summed E-state index contributed by atoms with van der Waals surface area (Å²) < 4.78 is 1.11. The Morgan fingerprint density at radius 1 is 1.44 bits per heavy atom. The van der Waals surface area contributed by atoms with Gasteiger partial charge in [0, 0.05) is 22.0 Å². The van der Waals surface area contributed by atoms with Gasteiger partial charge in [-0.2, -0.15) is 0 Å². The lowest BCUT2D eigenvalue weighted by atomic mass is 10.1. The Balaban J connectivity index is 2.05. The second-order valence-corrected chi connectivity index (χ2v) is 5.21. The van der Waals surface area contributed by atoms with E-state index in [9.17, 15) is 9.90 Å². The fourth-order valence-electron chi connectivity index (χ4n) is 1.89. The van der Waals surface area contributed by atoms with Gasteiger partial charge in [0.25, 0.3) is 5.91 Å². The molecule has 1 unspecified atom stereocenters. The number of aliphatic hydroxyl groups excluding tert-OH is 1. The Bertz CT molecular complexity index is 535. The zero-order valence-electron chi connectivity index (χ0n) is 10.3. The van der Waals surface area contributed by atoms with Crippen LogP contribution in [0.2, 0.25) is 0 Å². The van der Waals surface area contributed by atoms with Gasteiger partial charge in [-0.15, -0.1) is 11.3 Å². The molecule has 0 fully saturated rings. The van der Waals surface area contributed by atoms with Gasteiger partial charge in [0.05, 0.1) is 11.7 Å². The maximum Gasteiger partial charge on any atom is 0.252 e. The number of nitrogens with one attached hydrogen (secondary N) is 1. The highest BCUT2D eigenvalue weighted by molar-refractivity contribution is 7.17. The van der Waals surface area contributed by atoms with Crippen molar-refractivity contribution in [3.63, 3.8) is 0 Å². The van der Waals surface area contributed by atoms with E-state index in [1.54, 1.807) is 11.3 Å². The van der Waals surface area contributed by atoms with Crippen LogP contribution in [0.4, 0.5) is 0 Å². The van der Waals surface area contributed by atoms with Gasteiger partial charge in [-0.1, -0.05) is 31.5 Å². The summed E-state index contributed by atoms with van der Waals surface area (Å²) in [5, 5.41) is 15.2. The number of aliphatic hydroxyl groups is 1. The molecule has 2 rings (SSSR count). The van der Waals surface area contributed by atoms with Crippen molar-refractivity contribution in [3.8, 4) is 0 Å². The second-order valence-electron chi connectivity index (χ2n) is 4.30. The van der Waals surface area contributed by atoms with E-state index in [1.165, 1.54) is 0 Å².